The molecule has 1 N–H and O–H groups in total. The van der Waals surface area contributed by atoms with Crippen LogP contribution in [0.4, 0.5) is 48.3 Å². The molecule has 0 aliphatic rings. The summed E-state index contributed by atoms with van der Waals surface area (Å²) in [4.78, 5) is 11.7. The molecular weight excluding hydrogens is 443 g/mol. The molecule has 2 rings (SSSR count). The molecule has 0 aliphatic carbocycles. The van der Waals surface area contributed by atoms with E-state index in [0.29, 0.717) is 12.1 Å². The second-order valence-electron chi connectivity index (χ2n) is 5.92. The number of nitrogens with one attached hydrogen (secondary N) is 1. The summed E-state index contributed by atoms with van der Waals surface area (Å²) in [5.41, 5.74) is -5.51. The van der Waals surface area contributed by atoms with Gasteiger partial charge in [-0.25, -0.2) is 22.0 Å². The second kappa shape index (κ2) is 8.11. The van der Waals surface area contributed by atoms with Crippen molar-refractivity contribution in [1.82, 2.24) is 5.32 Å². The van der Waals surface area contributed by atoms with E-state index in [1.165, 1.54) is 0 Å². The van der Waals surface area contributed by atoms with E-state index in [9.17, 15) is 53.1 Å². The van der Waals surface area contributed by atoms with Crippen LogP contribution in [0, 0.1) is 29.1 Å². The minimum absolute atomic E-state index is 0.153. The number of hydrogen-bond donors (Lipinski definition) is 1. The number of carbonyl (C=O) groups is 1. The molecule has 30 heavy (non-hydrogen) atoms. The molecule has 0 unspecified atom stereocenters. The Morgan fingerprint density at radius 3 is 1.50 bits per heavy atom. The van der Waals surface area contributed by atoms with Gasteiger partial charge in [0.25, 0.3) is 0 Å². The predicted molar refractivity (Wildman–Crippen MR) is 78.2 cm³/mol. The molecule has 0 fully saturated rings. The third-order valence-corrected chi connectivity index (χ3v) is 3.78. The van der Waals surface area contributed by atoms with Gasteiger partial charge in [-0.1, -0.05) is 0 Å². The summed E-state index contributed by atoms with van der Waals surface area (Å²) in [5, 5.41) is 1.77. The summed E-state index contributed by atoms with van der Waals surface area (Å²) < 4.78 is 143. The Bertz CT molecular complexity index is 918. The van der Waals surface area contributed by atoms with Crippen LogP contribution in [0.1, 0.15) is 22.3 Å². The highest BCUT2D eigenvalue weighted by molar-refractivity contribution is 5.78. The van der Waals surface area contributed by atoms with Gasteiger partial charge < -0.3 is 5.32 Å². The fourth-order valence-corrected chi connectivity index (χ4v) is 2.35. The highest BCUT2D eigenvalue weighted by atomic mass is 19.4. The quantitative estimate of drug-likeness (QED) is 0.383. The van der Waals surface area contributed by atoms with Crippen molar-refractivity contribution in [3.63, 3.8) is 0 Å². The van der Waals surface area contributed by atoms with Gasteiger partial charge in [0.05, 0.1) is 17.5 Å². The summed E-state index contributed by atoms with van der Waals surface area (Å²) >= 11 is 0. The van der Waals surface area contributed by atoms with Gasteiger partial charge in [0.15, 0.2) is 23.3 Å². The smallest absolute Gasteiger partial charge is 0.352 e. The van der Waals surface area contributed by atoms with Crippen LogP contribution < -0.4 is 5.32 Å². The van der Waals surface area contributed by atoms with Gasteiger partial charge in [-0.05, 0) is 23.8 Å². The maximum Gasteiger partial charge on any atom is 0.416 e. The van der Waals surface area contributed by atoms with Crippen molar-refractivity contribution in [2.45, 2.75) is 25.3 Å². The van der Waals surface area contributed by atoms with Crippen molar-refractivity contribution < 1.29 is 53.1 Å². The van der Waals surface area contributed by atoms with Crippen molar-refractivity contribution in [3.8, 4) is 0 Å². The van der Waals surface area contributed by atoms with E-state index in [1.54, 1.807) is 5.32 Å². The lowest BCUT2D eigenvalue weighted by Crippen LogP contribution is -2.26. The van der Waals surface area contributed by atoms with E-state index in [1.807, 2.05) is 0 Å². The minimum Gasteiger partial charge on any atom is -0.352 e. The van der Waals surface area contributed by atoms with Crippen LogP contribution in [-0.2, 0) is 30.1 Å². The molecule has 0 heterocycles. The van der Waals surface area contributed by atoms with Crippen LogP contribution in [-0.4, -0.2) is 5.91 Å². The van der Waals surface area contributed by atoms with E-state index in [2.05, 4.69) is 0 Å². The van der Waals surface area contributed by atoms with E-state index in [4.69, 9.17) is 0 Å². The topological polar surface area (TPSA) is 29.1 Å². The summed E-state index contributed by atoms with van der Waals surface area (Å²) in [5.74, 6) is -13.1. The highest BCUT2D eigenvalue weighted by Crippen LogP contribution is 2.36. The van der Waals surface area contributed by atoms with Crippen LogP contribution in [0.2, 0.25) is 0 Å². The molecule has 2 aromatic rings. The van der Waals surface area contributed by atoms with Crippen LogP contribution in [0.5, 0.6) is 0 Å². The zero-order valence-electron chi connectivity index (χ0n) is 14.2. The van der Waals surface area contributed by atoms with Gasteiger partial charge >= 0.3 is 12.4 Å². The van der Waals surface area contributed by atoms with Gasteiger partial charge in [0.2, 0.25) is 11.7 Å². The molecule has 0 aromatic heterocycles. The van der Waals surface area contributed by atoms with Crippen molar-refractivity contribution in [1.29, 1.82) is 0 Å². The van der Waals surface area contributed by atoms with Gasteiger partial charge in [0.1, 0.15) is 0 Å². The van der Waals surface area contributed by atoms with Crippen molar-refractivity contribution in [3.05, 3.63) is 69.5 Å². The number of benzene rings is 2. The van der Waals surface area contributed by atoms with Crippen LogP contribution in [0.25, 0.3) is 0 Å². The molecule has 0 saturated heterocycles. The van der Waals surface area contributed by atoms with Gasteiger partial charge in [-0.2, -0.15) is 26.3 Å². The fourth-order valence-electron chi connectivity index (χ4n) is 2.35. The largest absolute Gasteiger partial charge is 0.416 e. The Hall–Kier alpha value is -2.86. The average molecular weight is 451 g/mol. The molecule has 0 saturated carbocycles. The molecule has 2 aromatic carbocycles. The Balaban J connectivity index is 2.25. The van der Waals surface area contributed by atoms with Crippen LogP contribution in [0.3, 0.4) is 0 Å². The third-order valence-electron chi connectivity index (χ3n) is 3.78. The zero-order chi connectivity index (χ0) is 23.0. The maximum absolute atomic E-state index is 13.5. The summed E-state index contributed by atoms with van der Waals surface area (Å²) in [6, 6.07) is 0.446. The summed E-state index contributed by atoms with van der Waals surface area (Å²) in [6.07, 6.45) is -11.7. The fraction of sp³-hybridized carbons (Fsp3) is 0.235. The van der Waals surface area contributed by atoms with Crippen molar-refractivity contribution in [2.75, 3.05) is 0 Å². The lowest BCUT2D eigenvalue weighted by molar-refractivity contribution is -0.143. The van der Waals surface area contributed by atoms with E-state index < -0.39 is 82.6 Å². The number of alkyl halides is 6. The molecule has 0 radical (unpaired) electrons. The Kier molecular flexibility index (Phi) is 6.33. The number of rotatable bonds is 4. The monoisotopic (exact) mass is 451 g/mol. The van der Waals surface area contributed by atoms with Crippen molar-refractivity contribution in [2.24, 2.45) is 0 Å². The Morgan fingerprint density at radius 1 is 0.700 bits per heavy atom. The first-order valence-electron chi connectivity index (χ1n) is 7.68. The number of hydrogen-bond acceptors (Lipinski definition) is 1. The first-order valence-corrected chi connectivity index (χ1v) is 7.68. The molecular formula is C17H8F11NO. The zero-order valence-corrected chi connectivity index (χ0v) is 14.2. The standard InChI is InChI=1S/C17H8F11NO/c18-11-9(12(19)14(21)15(22)13(11)20)4-10(30)29-5-6-1-7(16(23,24)25)3-8(2-6)17(26,27)28/h1-3H,4-5H2,(H,29,30). The van der Waals surface area contributed by atoms with Crippen molar-refractivity contribution >= 4 is 5.91 Å². The first-order chi connectivity index (χ1) is 13.6. The lowest BCUT2D eigenvalue weighted by atomic mass is 10.0. The Labute approximate surface area is 160 Å². The minimum atomic E-state index is -5.14. The van der Waals surface area contributed by atoms with Gasteiger partial charge in [0, 0.05) is 12.1 Å². The number of halogens is 11. The van der Waals surface area contributed by atoms with Crippen LogP contribution in [0.15, 0.2) is 18.2 Å². The third kappa shape index (κ3) is 5.00. The molecule has 13 heteroatoms. The summed E-state index contributed by atoms with van der Waals surface area (Å²) in [7, 11) is 0. The predicted octanol–water partition coefficient (Wildman–Crippen LogP) is 5.28. The molecule has 0 spiro atoms. The van der Waals surface area contributed by atoms with E-state index >= 15 is 0 Å². The average Bonchev–Trinajstić information content (AvgIpc) is 2.65. The lowest BCUT2D eigenvalue weighted by Gasteiger charge is -2.15. The molecule has 1 amide bonds. The molecule has 164 valence electrons. The highest BCUT2D eigenvalue weighted by Gasteiger charge is 2.37. The van der Waals surface area contributed by atoms with E-state index in [0.717, 1.165) is 0 Å². The molecule has 0 atom stereocenters. The normalized spacial score (nSPS) is 12.2. The molecule has 0 aliphatic heterocycles. The number of carbonyl (C=O) groups excluding carboxylic acids is 1. The molecule has 0 bridgehead atoms. The van der Waals surface area contributed by atoms with Crippen LogP contribution >= 0.6 is 0 Å². The maximum atomic E-state index is 13.5. The van der Waals surface area contributed by atoms with Gasteiger partial charge in [-0.3, -0.25) is 4.79 Å². The van der Waals surface area contributed by atoms with Gasteiger partial charge in [-0.15, -0.1) is 0 Å². The Morgan fingerprint density at radius 2 is 1.10 bits per heavy atom. The van der Waals surface area contributed by atoms with E-state index in [-0.39, 0.29) is 6.07 Å². The summed E-state index contributed by atoms with van der Waals surface area (Å²) in [6.45, 7) is -0.943. The SMILES string of the molecule is O=C(Cc1c(F)c(F)c(F)c(F)c1F)NCc1cc(C(F)(F)F)cc(C(F)(F)F)c1. The number of amides is 1. The first kappa shape index (κ1) is 23.4. The molecule has 2 nitrogen and oxygen atoms in total. The second-order valence-corrected chi connectivity index (χ2v) is 5.92.